The smallest absolute Gasteiger partial charge is 0.346 e. The fourth-order valence-corrected chi connectivity index (χ4v) is 2.26. The Morgan fingerprint density at radius 2 is 2.22 bits per heavy atom. The summed E-state index contributed by atoms with van der Waals surface area (Å²) in [5, 5.41) is 0. The van der Waals surface area contributed by atoms with Gasteiger partial charge in [0.2, 0.25) is 6.79 Å². The van der Waals surface area contributed by atoms with Crippen molar-refractivity contribution in [2.45, 2.75) is 13.0 Å². The van der Waals surface area contributed by atoms with E-state index in [-0.39, 0.29) is 18.9 Å². The molecule has 0 saturated heterocycles. The molecule has 2 aliphatic rings. The molecule has 0 bridgehead atoms. The van der Waals surface area contributed by atoms with Crippen LogP contribution in [0.5, 0.6) is 11.5 Å². The zero-order valence-corrected chi connectivity index (χ0v) is 9.92. The Morgan fingerprint density at radius 3 is 3.00 bits per heavy atom. The second kappa shape index (κ2) is 3.90. The van der Waals surface area contributed by atoms with Gasteiger partial charge in [0.05, 0.1) is 0 Å². The van der Waals surface area contributed by atoms with Crippen molar-refractivity contribution < 1.29 is 14.3 Å². The van der Waals surface area contributed by atoms with Gasteiger partial charge in [-0.15, -0.1) is 0 Å². The van der Waals surface area contributed by atoms with E-state index in [0.717, 1.165) is 5.56 Å². The van der Waals surface area contributed by atoms with Crippen molar-refractivity contribution in [1.29, 1.82) is 0 Å². The lowest BCUT2D eigenvalue weighted by Gasteiger charge is -2.22. The van der Waals surface area contributed by atoms with Crippen molar-refractivity contribution in [2.24, 2.45) is 10.7 Å². The Balaban J connectivity index is 1.99. The number of hydrogen-bond donors (Lipinski definition) is 1. The third-order valence-electron chi connectivity index (χ3n) is 3.12. The predicted molar refractivity (Wildman–Crippen MR) is 64.7 cm³/mol. The molecule has 2 aliphatic heterocycles. The molecule has 1 aromatic carbocycles. The Labute approximate surface area is 104 Å². The van der Waals surface area contributed by atoms with Crippen molar-refractivity contribution in [3.8, 4) is 11.5 Å². The van der Waals surface area contributed by atoms with Crippen molar-refractivity contribution in [3.63, 3.8) is 0 Å². The third kappa shape index (κ3) is 1.49. The molecular formula is C12H13N3O3. The molecule has 2 amide bonds. The number of aliphatic imine (C=N–C) groups is 1. The van der Waals surface area contributed by atoms with Crippen LogP contribution < -0.4 is 15.2 Å². The molecule has 0 aliphatic carbocycles. The Kier molecular flexibility index (Phi) is 2.36. The minimum Gasteiger partial charge on any atom is -0.454 e. The summed E-state index contributed by atoms with van der Waals surface area (Å²) < 4.78 is 10.6. The van der Waals surface area contributed by atoms with E-state index >= 15 is 0 Å². The number of fused-ring (bicyclic) bond motifs is 1. The number of ether oxygens (including phenoxy) is 2. The van der Waals surface area contributed by atoms with Crippen LogP contribution in [0.4, 0.5) is 4.79 Å². The predicted octanol–water partition coefficient (Wildman–Crippen LogP) is 1.27. The molecule has 2 heterocycles. The monoisotopic (exact) mass is 247 g/mol. The van der Waals surface area contributed by atoms with Crippen LogP contribution in [0.3, 0.4) is 0 Å². The van der Waals surface area contributed by atoms with Crippen LogP contribution in [0.1, 0.15) is 18.5 Å². The number of carbonyl (C=O) groups excluding carboxylic acids is 1. The molecule has 0 aromatic heterocycles. The van der Waals surface area contributed by atoms with Gasteiger partial charge in [-0.2, -0.15) is 4.99 Å². The first-order valence-corrected chi connectivity index (χ1v) is 5.75. The van der Waals surface area contributed by atoms with Crippen LogP contribution in [0, 0.1) is 0 Å². The van der Waals surface area contributed by atoms with Gasteiger partial charge < -0.3 is 20.1 Å². The molecule has 0 saturated carbocycles. The van der Waals surface area contributed by atoms with Crippen LogP contribution in [0.25, 0.3) is 0 Å². The number of rotatable bonds is 2. The lowest BCUT2D eigenvalue weighted by molar-refractivity contribution is 0.174. The lowest BCUT2D eigenvalue weighted by Crippen LogP contribution is -2.33. The maximum atomic E-state index is 11.6. The minimum absolute atomic E-state index is 0.226. The Bertz CT molecular complexity index is 541. The average Bonchev–Trinajstić information content (AvgIpc) is 2.91. The lowest BCUT2D eigenvalue weighted by atomic mass is 10.0. The molecule has 1 unspecified atom stereocenters. The van der Waals surface area contributed by atoms with Gasteiger partial charge in [0.15, 0.2) is 11.5 Å². The highest BCUT2D eigenvalue weighted by Gasteiger charge is 2.34. The van der Waals surface area contributed by atoms with Gasteiger partial charge in [0, 0.05) is 6.54 Å². The van der Waals surface area contributed by atoms with E-state index in [2.05, 4.69) is 4.99 Å². The number of urea groups is 1. The zero-order valence-electron chi connectivity index (χ0n) is 9.92. The van der Waals surface area contributed by atoms with E-state index in [9.17, 15) is 4.79 Å². The molecule has 18 heavy (non-hydrogen) atoms. The number of benzene rings is 1. The SMILES string of the molecule is CCN1C(=O)N=C(N)C1c1ccc2c(c1)OCO2. The summed E-state index contributed by atoms with van der Waals surface area (Å²) in [7, 11) is 0. The van der Waals surface area contributed by atoms with Gasteiger partial charge in [-0.3, -0.25) is 0 Å². The fraction of sp³-hybridized carbons (Fsp3) is 0.333. The van der Waals surface area contributed by atoms with Crippen molar-refractivity contribution in [3.05, 3.63) is 23.8 Å². The van der Waals surface area contributed by atoms with Gasteiger partial charge in [0.1, 0.15) is 11.9 Å². The molecule has 94 valence electrons. The quantitative estimate of drug-likeness (QED) is 0.853. The molecule has 6 heteroatoms. The highest BCUT2D eigenvalue weighted by molar-refractivity contribution is 6.03. The van der Waals surface area contributed by atoms with Gasteiger partial charge in [0.25, 0.3) is 0 Å². The molecule has 0 radical (unpaired) electrons. The van der Waals surface area contributed by atoms with E-state index in [1.54, 1.807) is 4.90 Å². The van der Waals surface area contributed by atoms with Crippen LogP contribution in [0.15, 0.2) is 23.2 Å². The summed E-state index contributed by atoms with van der Waals surface area (Å²) in [5.41, 5.74) is 6.71. The zero-order chi connectivity index (χ0) is 12.7. The Hall–Kier alpha value is -2.24. The molecular weight excluding hydrogens is 234 g/mol. The van der Waals surface area contributed by atoms with E-state index in [0.29, 0.717) is 23.9 Å². The molecule has 2 N–H and O–H groups in total. The highest BCUT2D eigenvalue weighted by Crippen LogP contribution is 2.36. The molecule has 1 atom stereocenters. The highest BCUT2D eigenvalue weighted by atomic mass is 16.7. The van der Waals surface area contributed by atoms with Crippen molar-refractivity contribution >= 4 is 11.9 Å². The van der Waals surface area contributed by atoms with Gasteiger partial charge >= 0.3 is 6.03 Å². The number of nitrogens with zero attached hydrogens (tertiary/aromatic N) is 2. The summed E-state index contributed by atoms with van der Waals surface area (Å²) >= 11 is 0. The van der Waals surface area contributed by atoms with E-state index < -0.39 is 0 Å². The maximum absolute atomic E-state index is 11.6. The number of likely N-dealkylation sites (N-methyl/N-ethyl adjacent to an activating group) is 1. The topological polar surface area (TPSA) is 77.2 Å². The normalized spacial score (nSPS) is 21.4. The molecule has 6 nitrogen and oxygen atoms in total. The number of nitrogens with two attached hydrogens (primary N) is 1. The third-order valence-corrected chi connectivity index (χ3v) is 3.12. The fourth-order valence-electron chi connectivity index (χ4n) is 2.26. The van der Waals surface area contributed by atoms with Crippen LogP contribution >= 0.6 is 0 Å². The van der Waals surface area contributed by atoms with Crippen LogP contribution in [0.2, 0.25) is 0 Å². The molecule has 1 aromatic rings. The average molecular weight is 247 g/mol. The minimum atomic E-state index is -0.308. The van der Waals surface area contributed by atoms with E-state index in [1.165, 1.54) is 0 Å². The summed E-state index contributed by atoms with van der Waals surface area (Å²) in [6.07, 6.45) is 0. The van der Waals surface area contributed by atoms with Crippen LogP contribution in [-0.4, -0.2) is 30.1 Å². The van der Waals surface area contributed by atoms with E-state index in [4.69, 9.17) is 15.2 Å². The standard InChI is InChI=1S/C12H13N3O3/c1-2-15-10(11(13)14-12(15)16)7-3-4-8-9(5-7)18-6-17-8/h3-5,10H,2,6H2,1H3,(H2,13,14,16). The van der Waals surface area contributed by atoms with Gasteiger partial charge in [-0.05, 0) is 24.6 Å². The first kappa shape index (κ1) is 10.9. The summed E-state index contributed by atoms with van der Waals surface area (Å²) in [4.78, 5) is 17.1. The Morgan fingerprint density at radius 1 is 1.44 bits per heavy atom. The molecule has 0 spiro atoms. The molecule has 3 rings (SSSR count). The molecule has 0 fully saturated rings. The van der Waals surface area contributed by atoms with Gasteiger partial charge in [-0.1, -0.05) is 6.07 Å². The van der Waals surface area contributed by atoms with Crippen LogP contribution in [-0.2, 0) is 0 Å². The first-order valence-electron chi connectivity index (χ1n) is 5.75. The second-order valence-corrected chi connectivity index (χ2v) is 4.12. The second-order valence-electron chi connectivity index (χ2n) is 4.12. The number of amidine groups is 1. The maximum Gasteiger partial charge on any atom is 0.346 e. The number of hydrogen-bond acceptors (Lipinski definition) is 4. The summed E-state index contributed by atoms with van der Waals surface area (Å²) in [6, 6.07) is 4.94. The largest absolute Gasteiger partial charge is 0.454 e. The van der Waals surface area contributed by atoms with Gasteiger partial charge in [-0.25, -0.2) is 4.79 Å². The van der Waals surface area contributed by atoms with E-state index in [1.807, 2.05) is 25.1 Å². The summed E-state index contributed by atoms with van der Waals surface area (Å²) in [5.74, 6) is 1.71. The number of carbonyl (C=O) groups is 1. The number of amides is 2. The first-order chi connectivity index (χ1) is 8.70. The van der Waals surface area contributed by atoms with Crippen molar-refractivity contribution in [2.75, 3.05) is 13.3 Å². The summed E-state index contributed by atoms with van der Waals surface area (Å²) in [6.45, 7) is 2.68. The van der Waals surface area contributed by atoms with Crippen molar-refractivity contribution in [1.82, 2.24) is 4.90 Å².